The average Bonchev–Trinajstić information content (AvgIpc) is 2.76. The Balaban J connectivity index is 2.53. The molecule has 2 rings (SSSR count). The Morgan fingerprint density at radius 3 is 2.63 bits per heavy atom. The predicted octanol–water partition coefficient (Wildman–Crippen LogP) is 1.71. The molecule has 0 fully saturated rings. The van der Waals surface area contributed by atoms with Gasteiger partial charge in [0.25, 0.3) is 0 Å². The SMILES string of the molecule is CNC(c1cccc2c1OCC2)C(C)(C)S(C)(=O)=O. The summed E-state index contributed by atoms with van der Waals surface area (Å²) in [5.74, 6) is 0.846. The minimum Gasteiger partial charge on any atom is -0.493 e. The standard InChI is InChI=1S/C14H21NO3S/c1-14(2,19(4,16)17)13(15-3)11-7-5-6-10-8-9-18-12(10)11/h5-7,13,15H,8-9H2,1-4H3. The van der Waals surface area contributed by atoms with E-state index in [1.165, 1.54) is 6.26 Å². The van der Waals surface area contributed by atoms with Crippen LogP contribution in [0, 0.1) is 0 Å². The van der Waals surface area contributed by atoms with Crippen LogP contribution in [-0.4, -0.2) is 33.1 Å². The van der Waals surface area contributed by atoms with Crippen molar-refractivity contribution < 1.29 is 13.2 Å². The Labute approximate surface area is 115 Å². The number of rotatable bonds is 4. The van der Waals surface area contributed by atoms with Crippen molar-refractivity contribution in [2.75, 3.05) is 19.9 Å². The van der Waals surface area contributed by atoms with Crippen molar-refractivity contribution in [2.45, 2.75) is 31.1 Å². The van der Waals surface area contributed by atoms with E-state index in [1.54, 1.807) is 20.9 Å². The first-order valence-electron chi connectivity index (χ1n) is 6.40. The van der Waals surface area contributed by atoms with E-state index in [9.17, 15) is 8.42 Å². The quantitative estimate of drug-likeness (QED) is 0.914. The highest BCUT2D eigenvalue weighted by molar-refractivity contribution is 7.92. The molecule has 5 heteroatoms. The molecule has 1 heterocycles. The second kappa shape index (κ2) is 4.80. The van der Waals surface area contributed by atoms with E-state index in [0.717, 1.165) is 23.3 Å². The predicted molar refractivity (Wildman–Crippen MR) is 76.4 cm³/mol. The summed E-state index contributed by atoms with van der Waals surface area (Å²) >= 11 is 0. The van der Waals surface area contributed by atoms with Gasteiger partial charge < -0.3 is 10.1 Å². The number of hydrogen-bond acceptors (Lipinski definition) is 4. The van der Waals surface area contributed by atoms with Crippen LogP contribution in [0.25, 0.3) is 0 Å². The summed E-state index contributed by atoms with van der Waals surface area (Å²) < 4.78 is 28.9. The van der Waals surface area contributed by atoms with Gasteiger partial charge in [-0.25, -0.2) is 8.42 Å². The molecular formula is C14H21NO3S. The van der Waals surface area contributed by atoms with Crippen LogP contribution in [0.4, 0.5) is 0 Å². The molecule has 0 saturated carbocycles. The van der Waals surface area contributed by atoms with E-state index < -0.39 is 14.6 Å². The van der Waals surface area contributed by atoms with Gasteiger partial charge in [0.1, 0.15) is 5.75 Å². The van der Waals surface area contributed by atoms with E-state index in [1.807, 2.05) is 18.2 Å². The molecular weight excluding hydrogens is 262 g/mol. The molecule has 0 saturated heterocycles. The molecule has 1 aliphatic rings. The van der Waals surface area contributed by atoms with Gasteiger partial charge >= 0.3 is 0 Å². The normalized spacial score (nSPS) is 16.8. The fourth-order valence-corrected chi connectivity index (χ4v) is 3.23. The molecule has 4 nitrogen and oxygen atoms in total. The van der Waals surface area contributed by atoms with Crippen molar-refractivity contribution in [2.24, 2.45) is 0 Å². The Morgan fingerprint density at radius 2 is 2.05 bits per heavy atom. The van der Waals surface area contributed by atoms with Crippen molar-refractivity contribution in [1.82, 2.24) is 5.32 Å². The Bertz CT molecular complexity index is 578. The molecule has 0 aliphatic carbocycles. The highest BCUT2D eigenvalue weighted by Gasteiger charge is 2.41. The zero-order valence-electron chi connectivity index (χ0n) is 11.9. The average molecular weight is 283 g/mol. The Kier molecular flexibility index (Phi) is 3.62. The lowest BCUT2D eigenvalue weighted by Gasteiger charge is -2.33. The van der Waals surface area contributed by atoms with E-state index in [-0.39, 0.29) is 6.04 Å². The van der Waals surface area contributed by atoms with Gasteiger partial charge in [0.2, 0.25) is 0 Å². The van der Waals surface area contributed by atoms with Crippen molar-refractivity contribution in [3.05, 3.63) is 29.3 Å². The van der Waals surface area contributed by atoms with Gasteiger partial charge in [-0.15, -0.1) is 0 Å². The smallest absolute Gasteiger partial charge is 0.154 e. The van der Waals surface area contributed by atoms with Gasteiger partial charge in [-0.05, 0) is 26.5 Å². The second-order valence-electron chi connectivity index (χ2n) is 5.53. The van der Waals surface area contributed by atoms with Gasteiger partial charge in [0.15, 0.2) is 9.84 Å². The highest BCUT2D eigenvalue weighted by atomic mass is 32.2. The van der Waals surface area contributed by atoms with Gasteiger partial charge in [-0.1, -0.05) is 18.2 Å². The number of fused-ring (bicyclic) bond motifs is 1. The zero-order chi connectivity index (χ0) is 14.3. The van der Waals surface area contributed by atoms with Crippen LogP contribution in [0.2, 0.25) is 0 Å². The van der Waals surface area contributed by atoms with Crippen molar-refractivity contribution in [1.29, 1.82) is 0 Å². The molecule has 1 aromatic carbocycles. The first-order valence-corrected chi connectivity index (χ1v) is 8.29. The number of para-hydroxylation sites is 1. The van der Waals surface area contributed by atoms with Crippen LogP contribution < -0.4 is 10.1 Å². The molecule has 0 radical (unpaired) electrons. The molecule has 19 heavy (non-hydrogen) atoms. The van der Waals surface area contributed by atoms with Crippen LogP contribution >= 0.6 is 0 Å². The lowest BCUT2D eigenvalue weighted by Crippen LogP contribution is -2.43. The summed E-state index contributed by atoms with van der Waals surface area (Å²) in [6, 6.07) is 5.64. The second-order valence-corrected chi connectivity index (χ2v) is 8.13. The third-order valence-electron chi connectivity index (χ3n) is 4.00. The molecule has 106 valence electrons. The minimum absolute atomic E-state index is 0.296. The number of nitrogens with one attached hydrogen (secondary N) is 1. The summed E-state index contributed by atoms with van der Waals surface area (Å²) in [5, 5.41) is 3.14. The number of sulfone groups is 1. The van der Waals surface area contributed by atoms with Gasteiger partial charge in [-0.3, -0.25) is 0 Å². The number of ether oxygens (including phenoxy) is 1. The molecule has 1 unspecified atom stereocenters. The fourth-order valence-electron chi connectivity index (χ4n) is 2.56. The molecule has 0 bridgehead atoms. The first-order chi connectivity index (χ1) is 8.79. The lowest BCUT2D eigenvalue weighted by molar-refractivity contribution is 0.343. The Hall–Kier alpha value is -1.07. The maximum absolute atomic E-state index is 12.0. The van der Waals surface area contributed by atoms with Crippen LogP contribution in [0.15, 0.2) is 18.2 Å². The third-order valence-corrected chi connectivity index (χ3v) is 6.14. The summed E-state index contributed by atoms with van der Waals surface area (Å²) in [6.07, 6.45) is 2.17. The van der Waals surface area contributed by atoms with Crippen molar-refractivity contribution in [3.8, 4) is 5.75 Å². The summed E-state index contributed by atoms with van der Waals surface area (Å²) in [5.41, 5.74) is 2.08. The van der Waals surface area contributed by atoms with E-state index >= 15 is 0 Å². The van der Waals surface area contributed by atoms with Crippen LogP contribution in [0.1, 0.15) is 31.0 Å². The largest absolute Gasteiger partial charge is 0.493 e. The van der Waals surface area contributed by atoms with Crippen molar-refractivity contribution >= 4 is 9.84 Å². The first kappa shape index (κ1) is 14.3. The lowest BCUT2D eigenvalue weighted by atomic mass is 9.93. The van der Waals surface area contributed by atoms with E-state index in [0.29, 0.717) is 6.61 Å². The topological polar surface area (TPSA) is 55.4 Å². The minimum atomic E-state index is -3.20. The van der Waals surface area contributed by atoms with Gasteiger partial charge in [-0.2, -0.15) is 0 Å². The molecule has 0 spiro atoms. The van der Waals surface area contributed by atoms with Crippen LogP contribution in [0.3, 0.4) is 0 Å². The maximum Gasteiger partial charge on any atom is 0.154 e. The number of benzene rings is 1. The number of hydrogen-bond donors (Lipinski definition) is 1. The molecule has 1 aliphatic heterocycles. The van der Waals surface area contributed by atoms with Gasteiger partial charge in [0, 0.05) is 18.2 Å². The van der Waals surface area contributed by atoms with Crippen LogP contribution in [-0.2, 0) is 16.3 Å². The van der Waals surface area contributed by atoms with Crippen LogP contribution in [0.5, 0.6) is 5.75 Å². The van der Waals surface area contributed by atoms with Crippen molar-refractivity contribution in [3.63, 3.8) is 0 Å². The molecule has 0 aromatic heterocycles. The fraction of sp³-hybridized carbons (Fsp3) is 0.571. The Morgan fingerprint density at radius 1 is 1.37 bits per heavy atom. The highest BCUT2D eigenvalue weighted by Crippen LogP contribution is 2.40. The van der Waals surface area contributed by atoms with E-state index in [4.69, 9.17) is 4.74 Å². The molecule has 1 N–H and O–H groups in total. The summed E-state index contributed by atoms with van der Waals surface area (Å²) in [7, 11) is -1.41. The zero-order valence-corrected chi connectivity index (χ0v) is 12.7. The monoisotopic (exact) mass is 283 g/mol. The third kappa shape index (κ3) is 2.37. The molecule has 0 amide bonds. The molecule has 1 atom stereocenters. The summed E-state index contributed by atoms with van der Waals surface area (Å²) in [4.78, 5) is 0. The van der Waals surface area contributed by atoms with E-state index in [2.05, 4.69) is 5.32 Å². The van der Waals surface area contributed by atoms with Gasteiger partial charge in [0.05, 0.1) is 17.4 Å². The summed E-state index contributed by atoms with van der Waals surface area (Å²) in [6.45, 7) is 4.16. The maximum atomic E-state index is 12.0. The molecule has 1 aromatic rings.